The van der Waals surface area contributed by atoms with Crippen molar-refractivity contribution < 1.29 is 4.74 Å². The van der Waals surface area contributed by atoms with Crippen molar-refractivity contribution in [3.63, 3.8) is 0 Å². The first-order valence-corrected chi connectivity index (χ1v) is 6.26. The molecule has 0 bridgehead atoms. The van der Waals surface area contributed by atoms with Gasteiger partial charge in [-0.25, -0.2) is 5.43 Å². The molecule has 1 aromatic heterocycles. The van der Waals surface area contributed by atoms with Crippen LogP contribution in [0.3, 0.4) is 0 Å². The number of hydrogen-bond donors (Lipinski definition) is 2. The summed E-state index contributed by atoms with van der Waals surface area (Å²) >= 11 is 3.41. The Bertz CT molecular complexity index is 516. The van der Waals surface area contributed by atoms with Crippen LogP contribution in [0.5, 0.6) is 5.75 Å². The Hall–Kier alpha value is -1.43. The Morgan fingerprint density at radius 2 is 2.00 bits per heavy atom. The molecule has 0 aliphatic rings. The van der Waals surface area contributed by atoms with Crippen LogP contribution in [-0.4, -0.2) is 12.1 Å². The molecule has 1 heterocycles. The fourth-order valence-electron chi connectivity index (χ4n) is 1.78. The van der Waals surface area contributed by atoms with Crippen LogP contribution in [-0.2, 0) is 0 Å². The molecule has 0 saturated carbocycles. The second-order valence-corrected chi connectivity index (χ2v) is 4.66. The van der Waals surface area contributed by atoms with Crippen molar-refractivity contribution in [2.75, 3.05) is 7.11 Å². The number of benzene rings is 1. The topological polar surface area (TPSA) is 60.2 Å². The van der Waals surface area contributed by atoms with E-state index >= 15 is 0 Å². The standard InChI is InChI=1S/C13H14BrN3O/c1-18-11-3-2-8-16-13(11)12(17-15)9-4-6-10(14)7-5-9/h2-8,12,17H,15H2,1H3. The van der Waals surface area contributed by atoms with Gasteiger partial charge in [0.2, 0.25) is 0 Å². The molecule has 0 amide bonds. The highest BCUT2D eigenvalue weighted by atomic mass is 79.9. The van der Waals surface area contributed by atoms with E-state index in [9.17, 15) is 0 Å². The number of pyridine rings is 1. The van der Waals surface area contributed by atoms with Gasteiger partial charge in [-0.15, -0.1) is 0 Å². The first-order valence-electron chi connectivity index (χ1n) is 5.46. The van der Waals surface area contributed by atoms with Crippen LogP contribution in [0.15, 0.2) is 47.1 Å². The molecule has 2 aromatic rings. The summed E-state index contributed by atoms with van der Waals surface area (Å²) < 4.78 is 6.33. The lowest BCUT2D eigenvalue weighted by Gasteiger charge is -2.18. The third-order valence-electron chi connectivity index (χ3n) is 2.66. The zero-order chi connectivity index (χ0) is 13.0. The minimum Gasteiger partial charge on any atom is -0.495 e. The Labute approximate surface area is 114 Å². The van der Waals surface area contributed by atoms with E-state index in [1.165, 1.54) is 0 Å². The average molecular weight is 308 g/mol. The molecule has 4 nitrogen and oxygen atoms in total. The SMILES string of the molecule is COc1cccnc1C(NN)c1ccc(Br)cc1. The second kappa shape index (κ2) is 5.95. The minimum atomic E-state index is -0.200. The van der Waals surface area contributed by atoms with E-state index in [4.69, 9.17) is 10.6 Å². The molecule has 0 aliphatic carbocycles. The maximum absolute atomic E-state index is 5.64. The van der Waals surface area contributed by atoms with E-state index < -0.39 is 0 Å². The molecule has 0 aliphatic heterocycles. The largest absolute Gasteiger partial charge is 0.495 e. The van der Waals surface area contributed by atoms with E-state index in [0.29, 0.717) is 5.75 Å². The van der Waals surface area contributed by atoms with Gasteiger partial charge in [-0.3, -0.25) is 10.8 Å². The number of rotatable bonds is 4. The highest BCUT2D eigenvalue weighted by molar-refractivity contribution is 9.10. The Morgan fingerprint density at radius 3 is 2.61 bits per heavy atom. The van der Waals surface area contributed by atoms with Crippen LogP contribution in [0, 0.1) is 0 Å². The average Bonchev–Trinajstić information content (AvgIpc) is 2.42. The van der Waals surface area contributed by atoms with Gasteiger partial charge < -0.3 is 4.74 Å². The van der Waals surface area contributed by atoms with Crippen molar-refractivity contribution in [1.29, 1.82) is 0 Å². The van der Waals surface area contributed by atoms with Gasteiger partial charge in [-0.1, -0.05) is 28.1 Å². The fourth-order valence-corrected chi connectivity index (χ4v) is 2.04. The molecule has 1 aromatic carbocycles. The van der Waals surface area contributed by atoms with E-state index in [-0.39, 0.29) is 6.04 Å². The molecular weight excluding hydrogens is 294 g/mol. The molecule has 5 heteroatoms. The summed E-state index contributed by atoms with van der Waals surface area (Å²) in [5, 5.41) is 0. The van der Waals surface area contributed by atoms with Gasteiger partial charge in [0.15, 0.2) is 0 Å². The number of aromatic nitrogens is 1. The molecule has 1 unspecified atom stereocenters. The van der Waals surface area contributed by atoms with Crippen molar-refractivity contribution in [2.24, 2.45) is 5.84 Å². The van der Waals surface area contributed by atoms with Crippen molar-refractivity contribution in [3.05, 3.63) is 58.3 Å². The quantitative estimate of drug-likeness (QED) is 0.672. The molecule has 0 saturated heterocycles. The van der Waals surface area contributed by atoms with Crippen LogP contribution in [0.25, 0.3) is 0 Å². The van der Waals surface area contributed by atoms with Gasteiger partial charge in [0.1, 0.15) is 11.4 Å². The normalized spacial score (nSPS) is 12.2. The van der Waals surface area contributed by atoms with Crippen LogP contribution in [0.1, 0.15) is 17.3 Å². The summed E-state index contributed by atoms with van der Waals surface area (Å²) in [5.74, 6) is 6.35. The molecule has 0 radical (unpaired) electrons. The van der Waals surface area contributed by atoms with E-state index in [2.05, 4.69) is 26.3 Å². The lowest BCUT2D eigenvalue weighted by atomic mass is 10.0. The van der Waals surface area contributed by atoms with Gasteiger partial charge in [0, 0.05) is 10.7 Å². The lowest BCUT2D eigenvalue weighted by molar-refractivity contribution is 0.400. The minimum absolute atomic E-state index is 0.200. The Balaban J connectivity index is 2.41. The van der Waals surface area contributed by atoms with Gasteiger partial charge in [-0.05, 0) is 29.8 Å². The van der Waals surface area contributed by atoms with Crippen LogP contribution < -0.4 is 16.0 Å². The Kier molecular flexibility index (Phi) is 4.30. The number of hydrazine groups is 1. The summed E-state index contributed by atoms with van der Waals surface area (Å²) in [6.45, 7) is 0. The van der Waals surface area contributed by atoms with Gasteiger partial charge in [0.25, 0.3) is 0 Å². The summed E-state index contributed by atoms with van der Waals surface area (Å²) in [5.41, 5.74) is 4.57. The third-order valence-corrected chi connectivity index (χ3v) is 3.19. The summed E-state index contributed by atoms with van der Waals surface area (Å²) in [7, 11) is 1.62. The number of nitrogens with zero attached hydrogens (tertiary/aromatic N) is 1. The molecule has 18 heavy (non-hydrogen) atoms. The van der Waals surface area contributed by atoms with E-state index in [1.807, 2.05) is 36.4 Å². The zero-order valence-electron chi connectivity index (χ0n) is 9.93. The molecule has 0 spiro atoms. The molecule has 94 valence electrons. The van der Waals surface area contributed by atoms with Gasteiger partial charge >= 0.3 is 0 Å². The van der Waals surface area contributed by atoms with E-state index in [0.717, 1.165) is 15.7 Å². The number of hydrogen-bond acceptors (Lipinski definition) is 4. The van der Waals surface area contributed by atoms with E-state index in [1.54, 1.807) is 13.3 Å². The summed E-state index contributed by atoms with van der Waals surface area (Å²) in [4.78, 5) is 4.34. The third kappa shape index (κ3) is 2.69. The van der Waals surface area contributed by atoms with Crippen molar-refractivity contribution in [2.45, 2.75) is 6.04 Å². The highest BCUT2D eigenvalue weighted by Gasteiger charge is 2.17. The second-order valence-electron chi connectivity index (χ2n) is 3.74. The first-order chi connectivity index (χ1) is 8.76. The first kappa shape index (κ1) is 13.0. The van der Waals surface area contributed by atoms with Crippen LogP contribution in [0.2, 0.25) is 0 Å². The number of ether oxygens (including phenoxy) is 1. The number of nitrogens with one attached hydrogen (secondary N) is 1. The maximum Gasteiger partial charge on any atom is 0.142 e. The van der Waals surface area contributed by atoms with Crippen molar-refractivity contribution >= 4 is 15.9 Å². The van der Waals surface area contributed by atoms with Gasteiger partial charge in [0.05, 0.1) is 13.2 Å². The monoisotopic (exact) mass is 307 g/mol. The molecule has 3 N–H and O–H groups in total. The number of nitrogens with two attached hydrogens (primary N) is 1. The van der Waals surface area contributed by atoms with Gasteiger partial charge in [-0.2, -0.15) is 0 Å². The predicted octanol–water partition coefficient (Wildman–Crippen LogP) is 2.41. The maximum atomic E-state index is 5.64. The predicted molar refractivity (Wildman–Crippen MR) is 74.1 cm³/mol. The molecular formula is C13H14BrN3O. The zero-order valence-corrected chi connectivity index (χ0v) is 11.5. The molecule has 2 rings (SSSR count). The molecule has 0 fully saturated rings. The Morgan fingerprint density at radius 1 is 1.28 bits per heavy atom. The van der Waals surface area contributed by atoms with Crippen LogP contribution >= 0.6 is 15.9 Å². The highest BCUT2D eigenvalue weighted by Crippen LogP contribution is 2.27. The van der Waals surface area contributed by atoms with Crippen molar-refractivity contribution in [3.8, 4) is 5.75 Å². The van der Waals surface area contributed by atoms with Crippen LogP contribution in [0.4, 0.5) is 0 Å². The molecule has 1 atom stereocenters. The number of halogens is 1. The van der Waals surface area contributed by atoms with Crippen molar-refractivity contribution in [1.82, 2.24) is 10.4 Å². The smallest absolute Gasteiger partial charge is 0.142 e. The summed E-state index contributed by atoms with van der Waals surface area (Å²) in [6.07, 6.45) is 1.72. The lowest BCUT2D eigenvalue weighted by Crippen LogP contribution is -2.29. The summed E-state index contributed by atoms with van der Waals surface area (Å²) in [6, 6.07) is 11.4. The number of methoxy groups -OCH3 is 1. The fraction of sp³-hybridized carbons (Fsp3) is 0.154.